The summed E-state index contributed by atoms with van der Waals surface area (Å²) in [6.45, 7) is 0.117. The maximum absolute atomic E-state index is 11.9. The van der Waals surface area contributed by atoms with Crippen LogP contribution in [0.3, 0.4) is 0 Å². The van der Waals surface area contributed by atoms with Crippen LogP contribution < -0.4 is 5.56 Å². The maximum atomic E-state index is 11.9. The number of H-pyrrole nitrogens is 1. The van der Waals surface area contributed by atoms with Crippen LogP contribution in [0.15, 0.2) is 29.1 Å². The summed E-state index contributed by atoms with van der Waals surface area (Å²) in [4.78, 5) is 18.3. The molecule has 2 aromatic rings. The minimum absolute atomic E-state index is 0.0560. The number of rotatable bonds is 3. The molecule has 5 nitrogen and oxygen atoms in total. The summed E-state index contributed by atoms with van der Waals surface area (Å²) in [7, 11) is 1.47. The van der Waals surface area contributed by atoms with Crippen molar-refractivity contribution in [2.24, 2.45) is 0 Å². The summed E-state index contributed by atoms with van der Waals surface area (Å²) < 4.78 is 4.84. The van der Waals surface area contributed by atoms with Gasteiger partial charge in [-0.2, -0.15) is 4.98 Å². The smallest absolute Gasteiger partial charge is 0.262 e. The van der Waals surface area contributed by atoms with Gasteiger partial charge in [-0.1, -0.05) is 29.8 Å². The quantitative estimate of drug-likeness (QED) is 0.890. The van der Waals surface area contributed by atoms with Gasteiger partial charge in [-0.15, -0.1) is 0 Å². The van der Waals surface area contributed by atoms with Crippen molar-refractivity contribution in [1.29, 1.82) is 0 Å². The molecule has 0 aliphatic heterocycles. The molecule has 0 amide bonds. The standard InChI is InChI=1S/C12H11ClN2O3/c1-18-6-9-14-11(16)10(12(17)15-9)7-4-2-3-5-8(7)13/h2-5H,6H2,1H3,(H2,14,15,16,17). The SMILES string of the molecule is COCc1nc(O)c(-c2ccccc2Cl)c(=O)[nH]1. The van der Waals surface area contributed by atoms with Gasteiger partial charge in [0.25, 0.3) is 5.56 Å². The van der Waals surface area contributed by atoms with E-state index in [9.17, 15) is 9.90 Å². The molecule has 6 heteroatoms. The van der Waals surface area contributed by atoms with Crippen molar-refractivity contribution in [2.45, 2.75) is 6.61 Å². The van der Waals surface area contributed by atoms with E-state index in [1.807, 2.05) is 0 Å². The minimum atomic E-state index is -0.456. The van der Waals surface area contributed by atoms with Gasteiger partial charge in [0.1, 0.15) is 18.0 Å². The highest BCUT2D eigenvalue weighted by atomic mass is 35.5. The number of nitrogens with one attached hydrogen (secondary N) is 1. The van der Waals surface area contributed by atoms with E-state index in [-0.39, 0.29) is 23.9 Å². The molecule has 1 heterocycles. The van der Waals surface area contributed by atoms with Crippen molar-refractivity contribution < 1.29 is 9.84 Å². The summed E-state index contributed by atoms with van der Waals surface area (Å²) in [5.41, 5.74) is 0.0393. The average Bonchev–Trinajstić information content (AvgIpc) is 2.31. The Hall–Kier alpha value is -1.85. The second-order valence-corrected chi connectivity index (χ2v) is 4.03. The third-order valence-electron chi connectivity index (χ3n) is 2.37. The normalized spacial score (nSPS) is 10.6. The van der Waals surface area contributed by atoms with E-state index in [0.717, 1.165) is 0 Å². The van der Waals surface area contributed by atoms with E-state index in [1.165, 1.54) is 7.11 Å². The molecule has 2 rings (SSSR count). The van der Waals surface area contributed by atoms with E-state index in [2.05, 4.69) is 9.97 Å². The fraction of sp³-hybridized carbons (Fsp3) is 0.167. The second kappa shape index (κ2) is 5.20. The lowest BCUT2D eigenvalue weighted by molar-refractivity contribution is 0.176. The molecule has 0 fully saturated rings. The predicted molar refractivity (Wildman–Crippen MR) is 67.7 cm³/mol. The highest BCUT2D eigenvalue weighted by Gasteiger charge is 2.15. The van der Waals surface area contributed by atoms with Gasteiger partial charge in [0.2, 0.25) is 5.88 Å². The number of ether oxygens (including phenoxy) is 1. The van der Waals surface area contributed by atoms with Crippen molar-refractivity contribution in [3.8, 4) is 17.0 Å². The Morgan fingerprint density at radius 2 is 2.17 bits per heavy atom. The number of aromatic hydroxyl groups is 1. The maximum Gasteiger partial charge on any atom is 0.262 e. The molecular formula is C12H11ClN2O3. The van der Waals surface area contributed by atoms with Crippen molar-refractivity contribution in [3.63, 3.8) is 0 Å². The van der Waals surface area contributed by atoms with Gasteiger partial charge in [0.05, 0.1) is 0 Å². The highest BCUT2D eigenvalue weighted by Crippen LogP contribution is 2.29. The van der Waals surface area contributed by atoms with Crippen molar-refractivity contribution in [2.75, 3.05) is 7.11 Å². The van der Waals surface area contributed by atoms with Gasteiger partial charge >= 0.3 is 0 Å². The van der Waals surface area contributed by atoms with Crippen molar-refractivity contribution >= 4 is 11.6 Å². The molecule has 1 aromatic carbocycles. The molecule has 0 radical (unpaired) electrons. The van der Waals surface area contributed by atoms with E-state index < -0.39 is 5.56 Å². The molecule has 0 aliphatic carbocycles. The Kier molecular flexibility index (Phi) is 3.64. The topological polar surface area (TPSA) is 75.2 Å². The van der Waals surface area contributed by atoms with Gasteiger partial charge in [-0.05, 0) is 6.07 Å². The molecule has 1 aromatic heterocycles. The first kappa shape index (κ1) is 12.6. The lowest BCUT2D eigenvalue weighted by Gasteiger charge is -2.06. The Bertz CT molecular complexity index is 625. The molecule has 0 saturated heterocycles. The summed E-state index contributed by atoms with van der Waals surface area (Å²) in [5, 5.41) is 10.2. The van der Waals surface area contributed by atoms with Crippen LogP contribution in [0.1, 0.15) is 5.82 Å². The number of methoxy groups -OCH3 is 1. The monoisotopic (exact) mass is 266 g/mol. The van der Waals surface area contributed by atoms with Gasteiger partial charge in [0, 0.05) is 17.7 Å². The number of hydrogen-bond acceptors (Lipinski definition) is 4. The average molecular weight is 267 g/mol. The van der Waals surface area contributed by atoms with Crippen LogP contribution in [0, 0.1) is 0 Å². The van der Waals surface area contributed by atoms with Crippen LogP contribution >= 0.6 is 11.6 Å². The molecule has 94 valence electrons. The van der Waals surface area contributed by atoms with Crippen LogP contribution in [0.2, 0.25) is 5.02 Å². The number of halogens is 1. The molecular weight excluding hydrogens is 256 g/mol. The van der Waals surface area contributed by atoms with Crippen LogP contribution in [0.25, 0.3) is 11.1 Å². The number of benzene rings is 1. The number of aromatic amines is 1. The fourth-order valence-electron chi connectivity index (χ4n) is 1.62. The largest absolute Gasteiger partial charge is 0.493 e. The van der Waals surface area contributed by atoms with Gasteiger partial charge in [-0.25, -0.2) is 0 Å². The van der Waals surface area contributed by atoms with Crippen molar-refractivity contribution in [1.82, 2.24) is 9.97 Å². The number of aromatic nitrogens is 2. The molecule has 0 atom stereocenters. The van der Waals surface area contributed by atoms with Crippen LogP contribution in [-0.4, -0.2) is 22.2 Å². The lowest BCUT2D eigenvalue weighted by Crippen LogP contribution is -2.14. The summed E-state index contributed by atoms with van der Waals surface area (Å²) >= 11 is 5.99. The molecule has 18 heavy (non-hydrogen) atoms. The highest BCUT2D eigenvalue weighted by molar-refractivity contribution is 6.33. The van der Waals surface area contributed by atoms with E-state index in [0.29, 0.717) is 10.6 Å². The van der Waals surface area contributed by atoms with Gasteiger partial charge in [-0.3, -0.25) is 4.79 Å². The Balaban J connectivity index is 2.60. The first-order valence-electron chi connectivity index (χ1n) is 5.19. The molecule has 2 N–H and O–H groups in total. The third kappa shape index (κ3) is 2.37. The second-order valence-electron chi connectivity index (χ2n) is 3.62. The zero-order chi connectivity index (χ0) is 13.1. The molecule has 0 unspecified atom stereocenters. The van der Waals surface area contributed by atoms with Crippen LogP contribution in [-0.2, 0) is 11.3 Å². The van der Waals surface area contributed by atoms with Gasteiger partial charge in [0.15, 0.2) is 0 Å². The first-order valence-corrected chi connectivity index (χ1v) is 5.57. The minimum Gasteiger partial charge on any atom is -0.493 e. The zero-order valence-corrected chi connectivity index (χ0v) is 10.4. The molecule has 0 spiro atoms. The number of hydrogen-bond donors (Lipinski definition) is 2. The summed E-state index contributed by atoms with van der Waals surface area (Å²) in [5.74, 6) is -0.102. The summed E-state index contributed by atoms with van der Waals surface area (Å²) in [6.07, 6.45) is 0. The van der Waals surface area contributed by atoms with Crippen LogP contribution in [0.5, 0.6) is 5.88 Å². The number of nitrogens with zero attached hydrogens (tertiary/aromatic N) is 1. The first-order chi connectivity index (χ1) is 8.63. The molecule has 0 aliphatic rings. The fourth-order valence-corrected chi connectivity index (χ4v) is 1.85. The third-order valence-corrected chi connectivity index (χ3v) is 2.70. The Morgan fingerprint density at radius 3 is 2.78 bits per heavy atom. The Morgan fingerprint density at radius 1 is 1.44 bits per heavy atom. The van der Waals surface area contributed by atoms with E-state index in [1.54, 1.807) is 24.3 Å². The Labute approximate surface area is 108 Å². The van der Waals surface area contributed by atoms with E-state index >= 15 is 0 Å². The predicted octanol–water partition coefficient (Wildman–Crippen LogP) is 1.94. The van der Waals surface area contributed by atoms with Crippen LogP contribution in [0.4, 0.5) is 0 Å². The summed E-state index contributed by atoms with van der Waals surface area (Å²) in [6, 6.07) is 6.75. The zero-order valence-electron chi connectivity index (χ0n) is 9.61. The van der Waals surface area contributed by atoms with E-state index in [4.69, 9.17) is 16.3 Å². The molecule has 0 bridgehead atoms. The van der Waals surface area contributed by atoms with Crippen molar-refractivity contribution in [3.05, 3.63) is 45.5 Å². The molecule has 0 saturated carbocycles. The lowest BCUT2D eigenvalue weighted by atomic mass is 10.1. The van der Waals surface area contributed by atoms with Gasteiger partial charge < -0.3 is 14.8 Å².